The molecule has 5 nitrogen and oxygen atoms in total. The molecular formula is C15H21N3O2. The maximum atomic E-state index is 9.60. The molecule has 3 rings (SSSR count). The summed E-state index contributed by atoms with van der Waals surface area (Å²) in [4.78, 5) is 13.9. The third kappa shape index (κ3) is 3.81. The minimum atomic E-state index is -0.318. The molecule has 0 aromatic carbocycles. The molecule has 2 aromatic rings. The molecule has 108 valence electrons. The van der Waals surface area contributed by atoms with Crippen LogP contribution in [0.1, 0.15) is 32.3 Å². The molecule has 0 saturated carbocycles. The van der Waals surface area contributed by atoms with E-state index in [2.05, 4.69) is 33.4 Å². The lowest BCUT2D eigenvalue weighted by atomic mass is 9.95. The van der Waals surface area contributed by atoms with E-state index in [1.807, 2.05) is 37.6 Å². The Morgan fingerprint density at radius 3 is 2.65 bits per heavy atom. The van der Waals surface area contributed by atoms with Gasteiger partial charge in [-0.25, -0.2) is 4.98 Å². The summed E-state index contributed by atoms with van der Waals surface area (Å²) in [5, 5.41) is 3.27. The molecule has 1 N–H and O–H groups in total. The predicted octanol–water partition coefficient (Wildman–Crippen LogP) is 1.98. The van der Waals surface area contributed by atoms with Crippen molar-refractivity contribution in [1.29, 1.82) is 0 Å². The molecule has 0 radical (unpaired) electrons. The van der Waals surface area contributed by atoms with Gasteiger partial charge in [-0.1, -0.05) is 0 Å². The molecule has 5 heteroatoms. The molecule has 0 atom stereocenters. The summed E-state index contributed by atoms with van der Waals surface area (Å²) >= 11 is 0. The Balaban J connectivity index is 0.000000182. The van der Waals surface area contributed by atoms with Gasteiger partial charge in [-0.15, -0.1) is 0 Å². The topological polar surface area (TPSA) is 55.6 Å². The highest BCUT2D eigenvalue weighted by atomic mass is 16.5. The number of imidazole rings is 1. The van der Waals surface area contributed by atoms with E-state index < -0.39 is 0 Å². The van der Waals surface area contributed by atoms with Crippen LogP contribution in [0.2, 0.25) is 0 Å². The molecular weight excluding hydrogens is 254 g/mol. The molecule has 3 heterocycles. The minimum Gasteiger partial charge on any atom is -0.462 e. The molecule has 20 heavy (non-hydrogen) atoms. The average molecular weight is 275 g/mol. The number of ether oxygens (including phenoxy) is 1. The molecule has 1 aliphatic rings. The number of rotatable bonds is 2. The lowest BCUT2D eigenvalue weighted by molar-refractivity contribution is -0.138. The zero-order valence-corrected chi connectivity index (χ0v) is 12.2. The van der Waals surface area contributed by atoms with Crippen LogP contribution in [-0.2, 0) is 9.53 Å². The van der Waals surface area contributed by atoms with Gasteiger partial charge in [-0.2, -0.15) is 0 Å². The third-order valence-corrected chi connectivity index (χ3v) is 3.08. The first-order valence-corrected chi connectivity index (χ1v) is 6.74. The minimum absolute atomic E-state index is 0.318. The summed E-state index contributed by atoms with van der Waals surface area (Å²) in [6.07, 6.45) is 5.88. The van der Waals surface area contributed by atoms with Gasteiger partial charge in [0.15, 0.2) is 0 Å². The summed E-state index contributed by atoms with van der Waals surface area (Å²) in [5.41, 5.74) is 2.13. The predicted molar refractivity (Wildman–Crippen MR) is 77.7 cm³/mol. The fourth-order valence-electron chi connectivity index (χ4n) is 1.85. The second kappa shape index (κ2) is 6.05. The zero-order chi connectivity index (χ0) is 14.6. The van der Waals surface area contributed by atoms with Crippen LogP contribution in [0, 0.1) is 0 Å². The number of nitrogens with one attached hydrogen (secondary N) is 1. The largest absolute Gasteiger partial charge is 0.462 e. The first-order valence-electron chi connectivity index (χ1n) is 6.74. The van der Waals surface area contributed by atoms with Crippen molar-refractivity contribution in [2.24, 2.45) is 0 Å². The van der Waals surface area contributed by atoms with Crippen molar-refractivity contribution in [3.63, 3.8) is 0 Å². The molecule has 0 bridgehead atoms. The summed E-state index contributed by atoms with van der Waals surface area (Å²) in [5.74, 6) is 0.696. The maximum absolute atomic E-state index is 9.60. The van der Waals surface area contributed by atoms with Gasteiger partial charge in [0.25, 0.3) is 6.47 Å². The Labute approximate surface area is 119 Å². The fourth-order valence-corrected chi connectivity index (χ4v) is 1.85. The van der Waals surface area contributed by atoms with Crippen molar-refractivity contribution < 1.29 is 9.53 Å². The second-order valence-electron chi connectivity index (χ2n) is 5.83. The van der Waals surface area contributed by atoms with E-state index in [0.717, 1.165) is 18.7 Å². The highest BCUT2D eigenvalue weighted by Gasteiger charge is 2.18. The Kier molecular flexibility index (Phi) is 4.39. The van der Waals surface area contributed by atoms with Gasteiger partial charge in [0.2, 0.25) is 0 Å². The molecule has 0 spiro atoms. The van der Waals surface area contributed by atoms with Crippen LogP contribution in [0.4, 0.5) is 0 Å². The molecule has 1 saturated heterocycles. The summed E-state index contributed by atoms with van der Waals surface area (Å²) in [6.45, 7) is 8.14. The van der Waals surface area contributed by atoms with Gasteiger partial charge < -0.3 is 14.5 Å². The average Bonchev–Trinajstić information content (AvgIpc) is 2.73. The van der Waals surface area contributed by atoms with Gasteiger partial charge >= 0.3 is 0 Å². The molecule has 0 aliphatic carbocycles. The van der Waals surface area contributed by atoms with Crippen molar-refractivity contribution >= 4 is 12.1 Å². The van der Waals surface area contributed by atoms with E-state index in [-0.39, 0.29) is 5.60 Å². The Bertz CT molecular complexity index is 568. The number of aromatic nitrogens is 2. The van der Waals surface area contributed by atoms with Gasteiger partial charge in [0.1, 0.15) is 11.2 Å². The summed E-state index contributed by atoms with van der Waals surface area (Å²) in [7, 11) is 0. The number of fused-ring (bicyclic) bond motifs is 1. The normalized spacial score (nSPS) is 15.2. The second-order valence-corrected chi connectivity index (χ2v) is 5.83. The first kappa shape index (κ1) is 14.5. The number of hydrogen-bond acceptors (Lipinski definition) is 4. The van der Waals surface area contributed by atoms with Crippen LogP contribution in [0.3, 0.4) is 0 Å². The number of carbonyl (C=O) groups is 1. The number of carbonyl (C=O) groups excluding carboxylic acids is 1. The SMILES string of the molecule is CC(C)(C)OC=O.c1cn2ccc(C3CNC3)cc2n1. The Morgan fingerprint density at radius 2 is 2.15 bits per heavy atom. The number of nitrogens with zero attached hydrogens (tertiary/aromatic N) is 2. The molecule has 0 amide bonds. The Hall–Kier alpha value is -1.88. The molecule has 2 aromatic heterocycles. The van der Waals surface area contributed by atoms with Crippen LogP contribution in [0.5, 0.6) is 0 Å². The Morgan fingerprint density at radius 1 is 1.40 bits per heavy atom. The molecule has 0 unspecified atom stereocenters. The van der Waals surface area contributed by atoms with Crippen molar-refractivity contribution in [2.75, 3.05) is 13.1 Å². The quantitative estimate of drug-likeness (QED) is 0.852. The van der Waals surface area contributed by atoms with Crippen LogP contribution in [-0.4, -0.2) is 34.5 Å². The van der Waals surface area contributed by atoms with Gasteiger partial charge in [-0.05, 0) is 38.5 Å². The van der Waals surface area contributed by atoms with Crippen LogP contribution in [0.25, 0.3) is 5.65 Å². The zero-order valence-electron chi connectivity index (χ0n) is 12.2. The summed E-state index contributed by atoms with van der Waals surface area (Å²) < 4.78 is 6.59. The van der Waals surface area contributed by atoms with Gasteiger partial charge in [0, 0.05) is 37.6 Å². The summed E-state index contributed by atoms with van der Waals surface area (Å²) in [6, 6.07) is 4.35. The number of pyridine rings is 1. The van der Waals surface area contributed by atoms with E-state index >= 15 is 0 Å². The highest BCUT2D eigenvalue weighted by Crippen LogP contribution is 2.20. The lowest BCUT2D eigenvalue weighted by Crippen LogP contribution is -2.39. The monoisotopic (exact) mass is 275 g/mol. The number of hydrogen-bond donors (Lipinski definition) is 1. The van der Waals surface area contributed by atoms with Gasteiger partial charge in [-0.3, -0.25) is 4.79 Å². The van der Waals surface area contributed by atoms with Crippen molar-refractivity contribution in [1.82, 2.24) is 14.7 Å². The smallest absolute Gasteiger partial charge is 0.293 e. The van der Waals surface area contributed by atoms with Crippen LogP contribution >= 0.6 is 0 Å². The van der Waals surface area contributed by atoms with E-state index in [9.17, 15) is 4.79 Å². The van der Waals surface area contributed by atoms with Crippen molar-refractivity contribution in [2.45, 2.75) is 32.3 Å². The lowest BCUT2D eigenvalue weighted by Gasteiger charge is -2.27. The standard InChI is InChI=1S/C10H11N3.C5H10O2/c1-3-13-4-2-12-10(13)5-8(1)9-6-11-7-9;1-5(2,3)7-4-6/h1-5,9,11H,6-7H2;4H,1-3H3. The van der Waals surface area contributed by atoms with E-state index in [1.54, 1.807) is 0 Å². The molecule has 1 aliphatic heterocycles. The van der Waals surface area contributed by atoms with Crippen LogP contribution < -0.4 is 5.32 Å². The van der Waals surface area contributed by atoms with E-state index in [1.165, 1.54) is 5.56 Å². The van der Waals surface area contributed by atoms with Crippen molar-refractivity contribution in [3.8, 4) is 0 Å². The van der Waals surface area contributed by atoms with Gasteiger partial charge in [0.05, 0.1) is 0 Å². The fraction of sp³-hybridized carbons (Fsp3) is 0.467. The first-order chi connectivity index (χ1) is 9.49. The third-order valence-electron chi connectivity index (χ3n) is 3.08. The van der Waals surface area contributed by atoms with E-state index in [0.29, 0.717) is 12.4 Å². The van der Waals surface area contributed by atoms with Crippen LogP contribution in [0.15, 0.2) is 30.7 Å². The molecule has 1 fully saturated rings. The van der Waals surface area contributed by atoms with Crippen molar-refractivity contribution in [3.05, 3.63) is 36.3 Å². The van der Waals surface area contributed by atoms with E-state index in [4.69, 9.17) is 0 Å². The highest BCUT2D eigenvalue weighted by molar-refractivity contribution is 5.43. The maximum Gasteiger partial charge on any atom is 0.293 e.